The van der Waals surface area contributed by atoms with Gasteiger partial charge in [-0.05, 0) is 45.4 Å². The van der Waals surface area contributed by atoms with Gasteiger partial charge < -0.3 is 14.7 Å². The molecule has 0 saturated carbocycles. The van der Waals surface area contributed by atoms with Gasteiger partial charge in [-0.25, -0.2) is 4.98 Å². The lowest BCUT2D eigenvalue weighted by Crippen LogP contribution is -2.15. The fourth-order valence-electron chi connectivity index (χ4n) is 3.10. The van der Waals surface area contributed by atoms with Crippen molar-refractivity contribution in [2.45, 2.75) is 38.1 Å². The molecule has 0 bridgehead atoms. The Hall–Kier alpha value is -2.54. The van der Waals surface area contributed by atoms with Crippen LogP contribution in [0.1, 0.15) is 46.0 Å². The van der Waals surface area contributed by atoms with Gasteiger partial charge in [-0.1, -0.05) is 11.8 Å². The Morgan fingerprint density at radius 3 is 2.58 bits per heavy atom. The number of carbonyl (C=O) groups excluding carboxylic acids is 2. The van der Waals surface area contributed by atoms with Gasteiger partial charge in [0.1, 0.15) is 5.75 Å². The third-order valence-corrected chi connectivity index (χ3v) is 5.35. The predicted octanol–water partition coefficient (Wildman–Crippen LogP) is 4.08. The minimum absolute atomic E-state index is 0.0400. The number of benzene rings is 1. The van der Waals surface area contributed by atoms with Crippen molar-refractivity contribution in [2.75, 3.05) is 7.11 Å². The molecule has 3 rings (SSSR count). The highest BCUT2D eigenvalue weighted by molar-refractivity contribution is 8.00. The molecular weight excluding hydrogens is 350 g/mol. The number of hydrogen-bond donors (Lipinski definition) is 2. The smallest absolute Gasteiger partial charge is 0.192 e. The molecule has 0 saturated heterocycles. The number of rotatable bonds is 6. The molecule has 0 aliphatic heterocycles. The monoisotopic (exact) mass is 371 g/mol. The maximum Gasteiger partial charge on any atom is 0.192 e. The largest absolute Gasteiger partial charge is 0.497 e. The van der Waals surface area contributed by atoms with Crippen molar-refractivity contribution in [3.05, 3.63) is 40.7 Å². The van der Waals surface area contributed by atoms with Gasteiger partial charge in [-0.2, -0.15) is 0 Å². The Bertz CT molecular complexity index is 1000. The second-order valence-electron chi connectivity index (χ2n) is 6.23. The minimum atomic E-state index is -0.353. The third kappa shape index (κ3) is 3.26. The van der Waals surface area contributed by atoms with Crippen LogP contribution in [0, 0.1) is 13.8 Å². The molecule has 0 aliphatic rings. The van der Waals surface area contributed by atoms with Crippen molar-refractivity contribution in [3.8, 4) is 5.75 Å². The van der Waals surface area contributed by atoms with E-state index in [1.54, 1.807) is 14.0 Å². The van der Waals surface area contributed by atoms with Gasteiger partial charge in [0.25, 0.3) is 0 Å². The number of imidazole rings is 1. The number of H-pyrrole nitrogens is 2. The van der Waals surface area contributed by atoms with Crippen LogP contribution in [0.3, 0.4) is 0 Å². The lowest BCUT2D eigenvalue weighted by molar-refractivity contribution is 0.0988. The number of aromatic amines is 2. The first-order chi connectivity index (χ1) is 12.3. The molecule has 6 nitrogen and oxygen atoms in total. The highest BCUT2D eigenvalue weighted by atomic mass is 32.2. The van der Waals surface area contributed by atoms with Gasteiger partial charge in [-0.3, -0.25) is 9.59 Å². The number of fused-ring (bicyclic) bond motifs is 1. The molecule has 0 unspecified atom stereocenters. The number of carbonyl (C=O) groups is 2. The topological polar surface area (TPSA) is 87.8 Å². The van der Waals surface area contributed by atoms with Gasteiger partial charge >= 0.3 is 0 Å². The number of ether oxygens (including phenoxy) is 1. The van der Waals surface area contributed by atoms with Crippen molar-refractivity contribution in [3.63, 3.8) is 0 Å². The molecule has 0 fully saturated rings. The van der Waals surface area contributed by atoms with Crippen LogP contribution in [-0.4, -0.2) is 38.9 Å². The van der Waals surface area contributed by atoms with Crippen LogP contribution in [0.2, 0.25) is 0 Å². The SMILES string of the molecule is COc1ccc2nc(S[C@H](C)C(=O)c3[nH]c(C)c(C(C)=O)c3C)[nH]c2c1. The van der Waals surface area contributed by atoms with E-state index in [1.807, 2.05) is 32.0 Å². The van der Waals surface area contributed by atoms with E-state index in [4.69, 9.17) is 4.74 Å². The summed E-state index contributed by atoms with van der Waals surface area (Å²) in [6.45, 7) is 6.96. The lowest BCUT2D eigenvalue weighted by Gasteiger charge is -2.08. The fourth-order valence-corrected chi connectivity index (χ4v) is 3.98. The van der Waals surface area contributed by atoms with Crippen LogP contribution in [0.15, 0.2) is 23.4 Å². The van der Waals surface area contributed by atoms with E-state index in [1.165, 1.54) is 18.7 Å². The van der Waals surface area contributed by atoms with E-state index < -0.39 is 0 Å². The van der Waals surface area contributed by atoms with E-state index in [-0.39, 0.29) is 16.8 Å². The molecule has 26 heavy (non-hydrogen) atoms. The van der Waals surface area contributed by atoms with Gasteiger partial charge in [0.15, 0.2) is 16.7 Å². The Balaban J connectivity index is 1.84. The number of aromatic nitrogens is 3. The number of methoxy groups -OCH3 is 1. The first kappa shape index (κ1) is 18.3. The standard InChI is InChI=1S/C19H21N3O3S/c1-9-16(11(3)23)10(2)20-17(9)18(24)12(4)26-19-21-14-7-6-13(25-5)8-15(14)22-19/h6-8,12,20H,1-5H3,(H,21,22)/t12-/m1/s1. The van der Waals surface area contributed by atoms with Gasteiger partial charge in [0.2, 0.25) is 0 Å². The summed E-state index contributed by atoms with van der Waals surface area (Å²) in [5.74, 6) is 0.652. The van der Waals surface area contributed by atoms with E-state index in [9.17, 15) is 9.59 Å². The molecule has 0 spiro atoms. The molecular formula is C19H21N3O3S. The van der Waals surface area contributed by atoms with Crippen LogP contribution in [-0.2, 0) is 0 Å². The third-order valence-electron chi connectivity index (χ3n) is 4.36. The number of nitrogens with one attached hydrogen (secondary N) is 2. The molecule has 0 aliphatic carbocycles. The zero-order chi connectivity index (χ0) is 19.0. The Morgan fingerprint density at radius 2 is 1.96 bits per heavy atom. The Morgan fingerprint density at radius 1 is 1.23 bits per heavy atom. The highest BCUT2D eigenvalue weighted by Crippen LogP contribution is 2.29. The summed E-state index contributed by atoms with van der Waals surface area (Å²) in [4.78, 5) is 35.4. The maximum atomic E-state index is 12.8. The first-order valence-corrected chi connectivity index (χ1v) is 9.14. The van der Waals surface area contributed by atoms with E-state index in [0.717, 1.165) is 22.5 Å². The van der Waals surface area contributed by atoms with Crippen molar-refractivity contribution in [2.24, 2.45) is 0 Å². The summed E-state index contributed by atoms with van der Waals surface area (Å²) in [5, 5.41) is 0.316. The lowest BCUT2D eigenvalue weighted by atomic mass is 10.0. The summed E-state index contributed by atoms with van der Waals surface area (Å²) in [5.41, 5.74) is 4.20. The second kappa shape index (κ2) is 6.99. The van der Waals surface area contributed by atoms with Crippen LogP contribution in [0.4, 0.5) is 0 Å². The number of hydrogen-bond acceptors (Lipinski definition) is 5. The van der Waals surface area contributed by atoms with Gasteiger partial charge in [-0.15, -0.1) is 0 Å². The van der Waals surface area contributed by atoms with E-state index in [0.29, 0.717) is 22.0 Å². The average Bonchev–Trinajstić information content (AvgIpc) is 3.12. The second-order valence-corrected chi connectivity index (χ2v) is 7.56. The molecule has 0 radical (unpaired) electrons. The predicted molar refractivity (Wildman–Crippen MR) is 103 cm³/mol. The van der Waals surface area contributed by atoms with Crippen molar-refractivity contribution in [1.29, 1.82) is 0 Å². The summed E-state index contributed by atoms with van der Waals surface area (Å²) >= 11 is 1.36. The number of aryl methyl sites for hydroxylation is 1. The number of ketones is 2. The summed E-state index contributed by atoms with van der Waals surface area (Å²) in [7, 11) is 1.62. The van der Waals surface area contributed by atoms with Crippen LogP contribution in [0.25, 0.3) is 11.0 Å². The molecule has 2 heterocycles. The molecule has 2 aromatic heterocycles. The number of nitrogens with zero attached hydrogens (tertiary/aromatic N) is 1. The van der Waals surface area contributed by atoms with Crippen molar-refractivity contribution in [1.82, 2.24) is 15.0 Å². The fraction of sp³-hybridized carbons (Fsp3) is 0.316. The quantitative estimate of drug-likeness (QED) is 0.503. The Labute approximate surface area is 155 Å². The molecule has 1 atom stereocenters. The maximum absolute atomic E-state index is 12.8. The summed E-state index contributed by atoms with van der Waals surface area (Å²) < 4.78 is 5.21. The van der Waals surface area contributed by atoms with E-state index in [2.05, 4.69) is 15.0 Å². The van der Waals surface area contributed by atoms with E-state index >= 15 is 0 Å². The minimum Gasteiger partial charge on any atom is -0.497 e. The van der Waals surface area contributed by atoms with Crippen LogP contribution in [0.5, 0.6) is 5.75 Å². The van der Waals surface area contributed by atoms with Crippen LogP contribution >= 0.6 is 11.8 Å². The average molecular weight is 371 g/mol. The normalized spacial score (nSPS) is 12.3. The molecule has 136 valence electrons. The molecule has 0 amide bonds. The Kier molecular flexibility index (Phi) is 4.91. The van der Waals surface area contributed by atoms with Crippen LogP contribution < -0.4 is 4.74 Å². The zero-order valence-electron chi connectivity index (χ0n) is 15.4. The highest BCUT2D eigenvalue weighted by Gasteiger charge is 2.25. The number of Topliss-reactive ketones (excluding diaryl/α,β-unsaturated/α-hetero) is 2. The molecule has 2 N–H and O–H groups in total. The summed E-state index contributed by atoms with van der Waals surface area (Å²) in [6, 6.07) is 5.59. The van der Waals surface area contributed by atoms with Gasteiger partial charge in [0, 0.05) is 17.3 Å². The van der Waals surface area contributed by atoms with Crippen molar-refractivity contribution >= 4 is 34.4 Å². The molecule has 3 aromatic rings. The molecule has 1 aromatic carbocycles. The summed E-state index contributed by atoms with van der Waals surface area (Å²) in [6.07, 6.45) is 0. The first-order valence-electron chi connectivity index (χ1n) is 8.26. The molecule has 7 heteroatoms. The van der Waals surface area contributed by atoms with Crippen molar-refractivity contribution < 1.29 is 14.3 Å². The zero-order valence-corrected chi connectivity index (χ0v) is 16.2. The van der Waals surface area contributed by atoms with Gasteiger partial charge in [0.05, 0.1) is 29.1 Å². The number of thioether (sulfide) groups is 1.